The van der Waals surface area contributed by atoms with Crippen molar-refractivity contribution in [1.29, 1.82) is 0 Å². The standard InChI is InChI=1S/C13H17NO5/c15-8-9-19-11-6-4-10(5-7-11)12(16)2-1-3-13(17)14-18/h1,3-7,12,15-16,18H,2,8-9H2,(H,14,17)/b3-1+/t12-/m0/s1. The largest absolute Gasteiger partial charge is 0.491 e. The molecule has 0 aliphatic carbocycles. The lowest BCUT2D eigenvalue weighted by molar-refractivity contribution is -0.124. The first-order valence-electron chi connectivity index (χ1n) is 5.79. The fourth-order valence-electron chi connectivity index (χ4n) is 1.43. The van der Waals surface area contributed by atoms with Crippen molar-refractivity contribution in [2.45, 2.75) is 12.5 Å². The Labute approximate surface area is 110 Å². The third kappa shape index (κ3) is 5.52. The molecule has 104 valence electrons. The molecule has 0 saturated heterocycles. The molecule has 1 aromatic rings. The number of hydrogen-bond acceptors (Lipinski definition) is 5. The molecule has 1 amide bonds. The Hall–Kier alpha value is -1.89. The second kappa shape index (κ2) is 8.25. The van der Waals surface area contributed by atoms with Crippen molar-refractivity contribution >= 4 is 5.91 Å². The van der Waals surface area contributed by atoms with E-state index in [-0.39, 0.29) is 19.6 Å². The van der Waals surface area contributed by atoms with E-state index in [4.69, 9.17) is 15.1 Å². The lowest BCUT2D eigenvalue weighted by Gasteiger charge is -2.10. The van der Waals surface area contributed by atoms with Gasteiger partial charge in [0.2, 0.25) is 0 Å². The number of benzene rings is 1. The van der Waals surface area contributed by atoms with E-state index in [1.807, 2.05) is 0 Å². The van der Waals surface area contributed by atoms with Gasteiger partial charge in [-0.2, -0.15) is 0 Å². The zero-order chi connectivity index (χ0) is 14.1. The summed E-state index contributed by atoms with van der Waals surface area (Å²) in [5, 5.41) is 26.7. The van der Waals surface area contributed by atoms with Crippen molar-refractivity contribution in [3.63, 3.8) is 0 Å². The van der Waals surface area contributed by atoms with Crippen LogP contribution in [-0.2, 0) is 4.79 Å². The summed E-state index contributed by atoms with van der Waals surface area (Å²) in [5.74, 6) is -0.0276. The smallest absolute Gasteiger partial charge is 0.267 e. The van der Waals surface area contributed by atoms with Crippen molar-refractivity contribution in [2.75, 3.05) is 13.2 Å². The minimum Gasteiger partial charge on any atom is -0.491 e. The van der Waals surface area contributed by atoms with Gasteiger partial charge in [0.1, 0.15) is 12.4 Å². The maximum absolute atomic E-state index is 10.7. The van der Waals surface area contributed by atoms with Gasteiger partial charge >= 0.3 is 0 Å². The van der Waals surface area contributed by atoms with Gasteiger partial charge in [-0.15, -0.1) is 0 Å². The number of aliphatic hydroxyl groups excluding tert-OH is 2. The molecule has 0 aliphatic heterocycles. The summed E-state index contributed by atoms with van der Waals surface area (Å²) >= 11 is 0. The van der Waals surface area contributed by atoms with Crippen molar-refractivity contribution in [2.24, 2.45) is 0 Å². The van der Waals surface area contributed by atoms with E-state index < -0.39 is 12.0 Å². The van der Waals surface area contributed by atoms with Crippen LogP contribution >= 0.6 is 0 Å². The summed E-state index contributed by atoms with van der Waals surface area (Å²) in [5.41, 5.74) is 2.15. The summed E-state index contributed by atoms with van der Waals surface area (Å²) in [7, 11) is 0. The van der Waals surface area contributed by atoms with E-state index in [1.54, 1.807) is 24.3 Å². The number of nitrogens with one attached hydrogen (secondary N) is 1. The molecule has 1 rings (SSSR count). The summed E-state index contributed by atoms with van der Waals surface area (Å²) in [6.07, 6.45) is 2.12. The molecule has 0 fully saturated rings. The van der Waals surface area contributed by atoms with Gasteiger partial charge in [-0.25, -0.2) is 5.48 Å². The summed E-state index contributed by atoms with van der Waals surface area (Å²) in [6.45, 7) is 0.170. The van der Waals surface area contributed by atoms with Gasteiger partial charge in [0.15, 0.2) is 0 Å². The molecule has 0 aromatic heterocycles. The topological polar surface area (TPSA) is 99.0 Å². The third-order valence-corrected chi connectivity index (χ3v) is 2.36. The van der Waals surface area contributed by atoms with Crippen LogP contribution in [0.15, 0.2) is 36.4 Å². The number of hydroxylamine groups is 1. The predicted molar refractivity (Wildman–Crippen MR) is 67.7 cm³/mol. The average Bonchev–Trinajstić information content (AvgIpc) is 2.45. The Morgan fingerprint density at radius 1 is 1.37 bits per heavy atom. The molecule has 19 heavy (non-hydrogen) atoms. The van der Waals surface area contributed by atoms with E-state index in [9.17, 15) is 9.90 Å². The first-order chi connectivity index (χ1) is 9.17. The first-order valence-corrected chi connectivity index (χ1v) is 5.79. The molecular formula is C13H17NO5. The number of hydrogen-bond donors (Lipinski definition) is 4. The number of carbonyl (C=O) groups is 1. The third-order valence-electron chi connectivity index (χ3n) is 2.36. The van der Waals surface area contributed by atoms with E-state index in [2.05, 4.69) is 0 Å². The van der Waals surface area contributed by atoms with Crippen LogP contribution in [0.25, 0.3) is 0 Å². The predicted octanol–water partition coefficient (Wildman–Crippen LogP) is 0.543. The molecule has 6 heteroatoms. The van der Waals surface area contributed by atoms with E-state index >= 15 is 0 Å². The van der Waals surface area contributed by atoms with Crippen molar-refractivity contribution in [3.8, 4) is 5.75 Å². The van der Waals surface area contributed by atoms with E-state index in [0.29, 0.717) is 11.3 Å². The highest BCUT2D eigenvalue weighted by Gasteiger charge is 2.05. The molecule has 6 nitrogen and oxygen atoms in total. The number of ether oxygens (including phenoxy) is 1. The van der Waals surface area contributed by atoms with Crippen LogP contribution in [0.2, 0.25) is 0 Å². The fraction of sp³-hybridized carbons (Fsp3) is 0.308. The molecule has 0 radical (unpaired) electrons. The average molecular weight is 267 g/mol. The minimum atomic E-state index is -0.741. The van der Waals surface area contributed by atoms with Crippen LogP contribution in [0, 0.1) is 0 Å². The van der Waals surface area contributed by atoms with Crippen LogP contribution in [0.1, 0.15) is 18.1 Å². The van der Waals surface area contributed by atoms with E-state index in [1.165, 1.54) is 11.6 Å². The Morgan fingerprint density at radius 2 is 2.05 bits per heavy atom. The molecule has 1 aromatic carbocycles. The summed E-state index contributed by atoms with van der Waals surface area (Å²) < 4.78 is 5.19. The first kappa shape index (κ1) is 15.2. The number of rotatable bonds is 7. The van der Waals surface area contributed by atoms with Gasteiger partial charge in [0.05, 0.1) is 12.7 Å². The highest BCUT2D eigenvalue weighted by Crippen LogP contribution is 2.20. The fourth-order valence-corrected chi connectivity index (χ4v) is 1.43. The molecular weight excluding hydrogens is 250 g/mol. The normalized spacial score (nSPS) is 12.4. The maximum Gasteiger partial charge on any atom is 0.267 e. The lowest BCUT2D eigenvalue weighted by Crippen LogP contribution is -2.15. The highest BCUT2D eigenvalue weighted by atomic mass is 16.5. The monoisotopic (exact) mass is 267 g/mol. The van der Waals surface area contributed by atoms with Crippen LogP contribution in [-0.4, -0.2) is 34.5 Å². The van der Waals surface area contributed by atoms with Gasteiger partial charge in [0.25, 0.3) is 5.91 Å². The highest BCUT2D eigenvalue weighted by molar-refractivity contribution is 5.86. The lowest BCUT2D eigenvalue weighted by atomic mass is 10.1. The molecule has 0 unspecified atom stereocenters. The molecule has 4 N–H and O–H groups in total. The maximum atomic E-state index is 10.7. The SMILES string of the molecule is O=C(/C=C/C[C@H](O)c1ccc(OCCO)cc1)NO. The number of aliphatic hydroxyl groups is 2. The Morgan fingerprint density at radius 3 is 2.63 bits per heavy atom. The molecule has 0 spiro atoms. The van der Waals surface area contributed by atoms with Crippen molar-refractivity contribution in [1.82, 2.24) is 5.48 Å². The number of amides is 1. The second-order valence-electron chi connectivity index (χ2n) is 3.77. The van der Waals surface area contributed by atoms with Crippen molar-refractivity contribution in [3.05, 3.63) is 42.0 Å². The number of carbonyl (C=O) groups excluding carboxylic acids is 1. The minimum absolute atomic E-state index is 0.0535. The molecule has 1 atom stereocenters. The summed E-state index contributed by atoms with van der Waals surface area (Å²) in [6, 6.07) is 6.80. The van der Waals surface area contributed by atoms with Crippen LogP contribution < -0.4 is 10.2 Å². The Bertz CT molecular complexity index is 416. The zero-order valence-corrected chi connectivity index (χ0v) is 10.3. The molecule has 0 aliphatic rings. The second-order valence-corrected chi connectivity index (χ2v) is 3.77. The van der Waals surface area contributed by atoms with Gasteiger partial charge in [-0.3, -0.25) is 10.0 Å². The van der Waals surface area contributed by atoms with Gasteiger partial charge in [-0.05, 0) is 24.1 Å². The Balaban J connectivity index is 2.50. The van der Waals surface area contributed by atoms with Gasteiger partial charge < -0.3 is 14.9 Å². The van der Waals surface area contributed by atoms with E-state index in [0.717, 1.165) is 6.08 Å². The van der Waals surface area contributed by atoms with Crippen molar-refractivity contribution < 1.29 is 25.0 Å². The van der Waals surface area contributed by atoms with Crippen LogP contribution in [0.4, 0.5) is 0 Å². The van der Waals surface area contributed by atoms with Crippen LogP contribution in [0.3, 0.4) is 0 Å². The molecule has 0 heterocycles. The summed E-state index contributed by atoms with van der Waals surface area (Å²) in [4.78, 5) is 10.7. The van der Waals surface area contributed by atoms with Crippen LogP contribution in [0.5, 0.6) is 5.75 Å². The van der Waals surface area contributed by atoms with Gasteiger partial charge in [-0.1, -0.05) is 18.2 Å². The molecule has 0 bridgehead atoms. The molecule has 0 saturated carbocycles. The van der Waals surface area contributed by atoms with Gasteiger partial charge in [0, 0.05) is 6.08 Å². The Kier molecular flexibility index (Phi) is 6.59. The zero-order valence-electron chi connectivity index (χ0n) is 10.3. The quantitative estimate of drug-likeness (QED) is 0.328.